The van der Waals surface area contributed by atoms with E-state index in [1.807, 2.05) is 32.0 Å². The number of rotatable bonds is 7. The van der Waals surface area contributed by atoms with Gasteiger partial charge in [-0.05, 0) is 63.4 Å². The summed E-state index contributed by atoms with van der Waals surface area (Å²) in [6.45, 7) is 5.14. The monoisotopic (exact) mass is 324 g/mol. The molecule has 0 aliphatic rings. The second-order valence-corrected chi connectivity index (χ2v) is 6.15. The van der Waals surface area contributed by atoms with Crippen molar-refractivity contribution in [3.63, 3.8) is 0 Å². The van der Waals surface area contributed by atoms with E-state index in [0.717, 1.165) is 35.0 Å². The molecule has 1 aromatic rings. The zero-order valence-electron chi connectivity index (χ0n) is 11.6. The molecule has 0 amide bonds. The Labute approximate surface area is 123 Å². The molecular formula is C15H21BrN2O. The summed E-state index contributed by atoms with van der Waals surface area (Å²) >= 11 is 3.45. The number of hydrogen-bond acceptors (Lipinski definition) is 3. The van der Waals surface area contributed by atoms with Gasteiger partial charge in [-0.2, -0.15) is 5.26 Å². The van der Waals surface area contributed by atoms with Gasteiger partial charge in [0.2, 0.25) is 0 Å². The number of hydrogen-bond donors (Lipinski definition) is 1. The summed E-state index contributed by atoms with van der Waals surface area (Å²) < 4.78 is 6.83. The first-order chi connectivity index (χ1) is 8.98. The van der Waals surface area contributed by atoms with Gasteiger partial charge in [-0.15, -0.1) is 0 Å². The molecule has 0 unspecified atom stereocenters. The lowest BCUT2D eigenvalue weighted by molar-refractivity contribution is 0.282. The van der Waals surface area contributed by atoms with Crippen LogP contribution in [0.3, 0.4) is 0 Å². The van der Waals surface area contributed by atoms with Crippen LogP contribution in [-0.2, 0) is 6.42 Å². The summed E-state index contributed by atoms with van der Waals surface area (Å²) in [5.74, 6) is 0.892. The van der Waals surface area contributed by atoms with Gasteiger partial charge < -0.3 is 10.5 Å². The van der Waals surface area contributed by atoms with Gasteiger partial charge in [-0.3, -0.25) is 0 Å². The molecule has 3 nitrogen and oxygen atoms in total. The first-order valence-corrected chi connectivity index (χ1v) is 7.30. The van der Waals surface area contributed by atoms with Crippen LogP contribution in [0.5, 0.6) is 5.75 Å². The number of nitriles is 1. The Bertz CT molecular complexity index is 452. The molecule has 0 saturated heterocycles. The van der Waals surface area contributed by atoms with E-state index in [9.17, 15) is 0 Å². The van der Waals surface area contributed by atoms with Crippen LogP contribution in [0.1, 0.15) is 32.3 Å². The fourth-order valence-electron chi connectivity index (χ4n) is 1.79. The molecule has 104 valence electrons. The quantitative estimate of drug-likeness (QED) is 0.778. The maximum Gasteiger partial charge on any atom is 0.122 e. The molecule has 0 atom stereocenters. The van der Waals surface area contributed by atoms with Crippen molar-refractivity contribution in [1.82, 2.24) is 0 Å². The van der Waals surface area contributed by atoms with Gasteiger partial charge in [0.25, 0.3) is 0 Å². The van der Waals surface area contributed by atoms with Crippen LogP contribution in [0.2, 0.25) is 0 Å². The van der Waals surface area contributed by atoms with Crippen LogP contribution in [0.25, 0.3) is 0 Å². The number of benzene rings is 1. The van der Waals surface area contributed by atoms with E-state index >= 15 is 0 Å². The summed E-state index contributed by atoms with van der Waals surface area (Å²) in [4.78, 5) is 0. The third-order valence-electron chi connectivity index (χ3n) is 2.94. The molecule has 0 saturated carbocycles. The average molecular weight is 325 g/mol. The van der Waals surface area contributed by atoms with Gasteiger partial charge >= 0.3 is 0 Å². The zero-order valence-corrected chi connectivity index (χ0v) is 13.2. The minimum absolute atomic E-state index is 0.275. The van der Waals surface area contributed by atoms with E-state index in [4.69, 9.17) is 15.7 Å². The van der Waals surface area contributed by atoms with E-state index < -0.39 is 0 Å². The molecule has 0 aromatic heterocycles. The van der Waals surface area contributed by atoms with E-state index in [-0.39, 0.29) is 5.41 Å². The highest BCUT2D eigenvalue weighted by Crippen LogP contribution is 2.25. The number of ether oxygens (including phenoxy) is 1. The highest BCUT2D eigenvalue weighted by molar-refractivity contribution is 9.10. The first-order valence-electron chi connectivity index (χ1n) is 6.51. The van der Waals surface area contributed by atoms with Crippen LogP contribution in [0.15, 0.2) is 22.7 Å². The van der Waals surface area contributed by atoms with Crippen molar-refractivity contribution in [2.24, 2.45) is 11.1 Å². The second kappa shape index (κ2) is 7.52. The highest BCUT2D eigenvalue weighted by Gasteiger charge is 2.15. The summed E-state index contributed by atoms with van der Waals surface area (Å²) in [6.07, 6.45) is 2.52. The highest BCUT2D eigenvalue weighted by atomic mass is 79.9. The topological polar surface area (TPSA) is 59.0 Å². The van der Waals surface area contributed by atoms with E-state index in [1.165, 1.54) is 0 Å². The van der Waals surface area contributed by atoms with Crippen LogP contribution >= 0.6 is 15.9 Å². The van der Waals surface area contributed by atoms with Gasteiger partial charge in [0.15, 0.2) is 0 Å². The van der Waals surface area contributed by atoms with Crippen molar-refractivity contribution in [3.8, 4) is 11.8 Å². The molecule has 0 bridgehead atoms. The Kier molecular flexibility index (Phi) is 6.33. The minimum Gasteiger partial charge on any atom is -0.493 e. The Morgan fingerprint density at radius 3 is 2.79 bits per heavy atom. The molecule has 0 spiro atoms. The predicted octanol–water partition coefficient (Wildman–Crippen LogP) is 3.66. The third-order valence-corrected chi connectivity index (χ3v) is 3.44. The smallest absolute Gasteiger partial charge is 0.122 e. The van der Waals surface area contributed by atoms with Crippen molar-refractivity contribution < 1.29 is 4.74 Å². The lowest BCUT2D eigenvalue weighted by Gasteiger charge is -2.16. The standard InChI is InChI=1S/C15H21BrN2O/c1-15(2,11-18)7-3-9-19-14-5-4-13(16)10-12(14)6-8-17/h4-5,10H,3,6-9,17H2,1-2H3. The average Bonchev–Trinajstić information content (AvgIpc) is 2.37. The summed E-state index contributed by atoms with van der Waals surface area (Å²) in [6, 6.07) is 8.27. The molecular weight excluding hydrogens is 304 g/mol. The van der Waals surface area contributed by atoms with E-state index in [0.29, 0.717) is 13.2 Å². The lowest BCUT2D eigenvalue weighted by Crippen LogP contribution is -2.11. The molecule has 0 radical (unpaired) electrons. The minimum atomic E-state index is -0.275. The van der Waals surface area contributed by atoms with Crippen LogP contribution in [0, 0.1) is 16.7 Å². The van der Waals surface area contributed by atoms with Gasteiger partial charge in [-0.25, -0.2) is 0 Å². The van der Waals surface area contributed by atoms with Crippen molar-refractivity contribution >= 4 is 15.9 Å². The fourth-order valence-corrected chi connectivity index (χ4v) is 2.20. The van der Waals surface area contributed by atoms with Gasteiger partial charge in [0.1, 0.15) is 5.75 Å². The van der Waals surface area contributed by atoms with E-state index in [1.54, 1.807) is 0 Å². The van der Waals surface area contributed by atoms with Crippen molar-refractivity contribution in [1.29, 1.82) is 5.26 Å². The Balaban J connectivity index is 2.51. The maximum absolute atomic E-state index is 8.95. The first kappa shape index (κ1) is 16.0. The lowest BCUT2D eigenvalue weighted by atomic mass is 9.90. The molecule has 1 aromatic carbocycles. The van der Waals surface area contributed by atoms with Gasteiger partial charge in [0.05, 0.1) is 18.1 Å². The predicted molar refractivity (Wildman–Crippen MR) is 81.0 cm³/mol. The Morgan fingerprint density at radius 2 is 2.16 bits per heavy atom. The van der Waals surface area contributed by atoms with Crippen molar-refractivity contribution in [2.45, 2.75) is 33.1 Å². The van der Waals surface area contributed by atoms with E-state index in [2.05, 4.69) is 22.0 Å². The maximum atomic E-state index is 8.95. The SMILES string of the molecule is CC(C)(C#N)CCCOc1ccc(Br)cc1CCN. The molecule has 0 aliphatic heterocycles. The summed E-state index contributed by atoms with van der Waals surface area (Å²) in [5.41, 5.74) is 6.45. The van der Waals surface area contributed by atoms with Crippen molar-refractivity contribution in [3.05, 3.63) is 28.2 Å². The number of nitrogens with two attached hydrogens (primary N) is 1. The normalized spacial score (nSPS) is 11.1. The van der Waals surface area contributed by atoms with Crippen molar-refractivity contribution in [2.75, 3.05) is 13.2 Å². The Hall–Kier alpha value is -1.05. The second-order valence-electron chi connectivity index (χ2n) is 5.24. The molecule has 0 heterocycles. The Morgan fingerprint density at radius 1 is 1.42 bits per heavy atom. The van der Waals surface area contributed by atoms with Crippen LogP contribution in [-0.4, -0.2) is 13.2 Å². The summed E-state index contributed by atoms with van der Waals surface area (Å²) in [5, 5.41) is 8.95. The van der Waals surface area contributed by atoms with Gasteiger partial charge in [0, 0.05) is 4.47 Å². The van der Waals surface area contributed by atoms with Gasteiger partial charge in [-0.1, -0.05) is 15.9 Å². The molecule has 0 aliphatic carbocycles. The number of halogens is 1. The molecule has 4 heteroatoms. The number of nitrogens with zero attached hydrogens (tertiary/aromatic N) is 1. The zero-order chi connectivity index (χ0) is 14.3. The molecule has 1 rings (SSSR count). The van der Waals surface area contributed by atoms with Crippen LogP contribution in [0.4, 0.5) is 0 Å². The molecule has 0 fully saturated rings. The molecule has 2 N–H and O–H groups in total. The molecule has 19 heavy (non-hydrogen) atoms. The van der Waals surface area contributed by atoms with Crippen LogP contribution < -0.4 is 10.5 Å². The fraction of sp³-hybridized carbons (Fsp3) is 0.533. The third kappa shape index (κ3) is 5.63. The summed E-state index contributed by atoms with van der Waals surface area (Å²) in [7, 11) is 0. The largest absolute Gasteiger partial charge is 0.493 e.